The fraction of sp³-hybridized carbons (Fsp3) is 0.300. The van der Waals surface area contributed by atoms with E-state index in [9.17, 15) is 9.59 Å². The van der Waals surface area contributed by atoms with Gasteiger partial charge in [0.25, 0.3) is 11.8 Å². The number of nitrogens with one attached hydrogen (secondary N) is 2. The van der Waals surface area contributed by atoms with Gasteiger partial charge in [-0.15, -0.1) is 0 Å². The number of hydrogen-bond acceptors (Lipinski definition) is 2. The lowest BCUT2D eigenvalue weighted by atomic mass is 10.1. The molecule has 0 radical (unpaired) electrons. The molecule has 0 saturated carbocycles. The third-order valence-electron chi connectivity index (χ3n) is 3.43. The molecule has 2 aromatic rings. The molecule has 0 aliphatic carbocycles. The largest absolute Gasteiger partial charge is 0.348 e. The molecule has 0 aromatic heterocycles. The molecule has 0 unspecified atom stereocenters. The zero-order chi connectivity index (χ0) is 17.7. The van der Waals surface area contributed by atoms with Crippen LogP contribution >= 0.6 is 0 Å². The molecule has 0 aliphatic rings. The van der Waals surface area contributed by atoms with Crippen LogP contribution in [0.1, 0.15) is 52.6 Å². The van der Waals surface area contributed by atoms with Gasteiger partial charge in [-0.25, -0.2) is 0 Å². The lowest BCUT2D eigenvalue weighted by Crippen LogP contribution is -2.40. The van der Waals surface area contributed by atoms with Gasteiger partial charge in [0.15, 0.2) is 0 Å². The van der Waals surface area contributed by atoms with Crippen LogP contribution in [0.2, 0.25) is 0 Å². The average molecular weight is 324 g/mol. The second-order valence-electron chi connectivity index (χ2n) is 6.95. The maximum atomic E-state index is 12.2. The van der Waals surface area contributed by atoms with Crippen LogP contribution in [-0.2, 0) is 6.54 Å². The van der Waals surface area contributed by atoms with Crippen molar-refractivity contribution in [2.75, 3.05) is 0 Å². The molecule has 0 atom stereocenters. The van der Waals surface area contributed by atoms with Crippen molar-refractivity contribution in [3.63, 3.8) is 0 Å². The summed E-state index contributed by atoms with van der Waals surface area (Å²) in [5.41, 5.74) is 3.01. The Bertz CT molecular complexity index is 728. The van der Waals surface area contributed by atoms with E-state index in [-0.39, 0.29) is 17.4 Å². The molecule has 0 saturated heterocycles. The molecule has 2 rings (SSSR count). The molecule has 0 aliphatic heterocycles. The summed E-state index contributed by atoms with van der Waals surface area (Å²) in [6.45, 7) is 8.29. The Morgan fingerprint density at radius 3 is 2.04 bits per heavy atom. The molecule has 4 heteroatoms. The van der Waals surface area contributed by atoms with Crippen molar-refractivity contribution in [2.24, 2.45) is 0 Å². The summed E-state index contributed by atoms with van der Waals surface area (Å²) in [5, 5.41) is 5.79. The van der Waals surface area contributed by atoms with E-state index in [0.717, 1.165) is 11.1 Å². The van der Waals surface area contributed by atoms with Crippen LogP contribution in [0.15, 0.2) is 48.5 Å². The van der Waals surface area contributed by atoms with Crippen LogP contribution in [-0.4, -0.2) is 17.4 Å². The van der Waals surface area contributed by atoms with Gasteiger partial charge in [-0.1, -0.05) is 29.8 Å². The Balaban J connectivity index is 1.97. The zero-order valence-corrected chi connectivity index (χ0v) is 14.6. The molecule has 2 N–H and O–H groups in total. The van der Waals surface area contributed by atoms with Crippen molar-refractivity contribution < 1.29 is 9.59 Å². The van der Waals surface area contributed by atoms with Crippen LogP contribution in [0, 0.1) is 6.92 Å². The fourth-order valence-electron chi connectivity index (χ4n) is 2.29. The number of benzene rings is 2. The molecule has 0 bridgehead atoms. The van der Waals surface area contributed by atoms with E-state index >= 15 is 0 Å². The topological polar surface area (TPSA) is 58.2 Å². The summed E-state index contributed by atoms with van der Waals surface area (Å²) < 4.78 is 0. The summed E-state index contributed by atoms with van der Waals surface area (Å²) >= 11 is 0. The molecular weight excluding hydrogens is 300 g/mol. The second kappa shape index (κ2) is 7.30. The number of hydrogen-bond donors (Lipinski definition) is 2. The van der Waals surface area contributed by atoms with Crippen LogP contribution in [0.25, 0.3) is 0 Å². The van der Waals surface area contributed by atoms with Crippen LogP contribution in [0.5, 0.6) is 0 Å². The van der Waals surface area contributed by atoms with Gasteiger partial charge in [0.1, 0.15) is 0 Å². The molecule has 0 spiro atoms. The summed E-state index contributed by atoms with van der Waals surface area (Å²) in [6, 6.07) is 14.7. The Labute approximate surface area is 143 Å². The molecule has 126 valence electrons. The van der Waals surface area contributed by atoms with Gasteiger partial charge in [0.05, 0.1) is 0 Å². The molecule has 0 fully saturated rings. The predicted molar refractivity (Wildman–Crippen MR) is 96.0 cm³/mol. The van der Waals surface area contributed by atoms with Gasteiger partial charge in [-0.2, -0.15) is 0 Å². The first-order valence-corrected chi connectivity index (χ1v) is 8.01. The number of carbonyl (C=O) groups excluding carboxylic acids is 2. The molecule has 2 amide bonds. The standard InChI is InChI=1S/C20H24N2O2/c1-14-6-5-7-15(12-14)13-21-18(23)16-8-10-17(11-9-16)19(24)22-20(2,3)4/h5-12H,13H2,1-4H3,(H,21,23)(H,22,24). The number of aryl methyl sites for hydroxylation is 1. The average Bonchev–Trinajstić information content (AvgIpc) is 2.51. The third-order valence-corrected chi connectivity index (χ3v) is 3.43. The van der Waals surface area contributed by atoms with E-state index in [2.05, 4.69) is 10.6 Å². The van der Waals surface area contributed by atoms with Crippen molar-refractivity contribution in [3.8, 4) is 0 Å². The molecule has 0 heterocycles. The summed E-state index contributed by atoms with van der Waals surface area (Å²) in [7, 11) is 0. The van der Waals surface area contributed by atoms with E-state index in [4.69, 9.17) is 0 Å². The Kier molecular flexibility index (Phi) is 5.39. The first-order chi connectivity index (χ1) is 11.2. The third kappa shape index (κ3) is 5.23. The number of rotatable bonds is 4. The lowest BCUT2D eigenvalue weighted by Gasteiger charge is -2.20. The normalized spacial score (nSPS) is 11.0. The maximum Gasteiger partial charge on any atom is 0.251 e. The van der Waals surface area contributed by atoms with Crippen molar-refractivity contribution in [1.82, 2.24) is 10.6 Å². The van der Waals surface area contributed by atoms with Crippen LogP contribution in [0.3, 0.4) is 0 Å². The van der Waals surface area contributed by atoms with Gasteiger partial charge in [0, 0.05) is 23.2 Å². The predicted octanol–water partition coefficient (Wildman–Crippen LogP) is 3.45. The molecule has 2 aromatic carbocycles. The highest BCUT2D eigenvalue weighted by Gasteiger charge is 2.15. The van der Waals surface area contributed by atoms with Gasteiger partial charge in [0.2, 0.25) is 0 Å². The number of carbonyl (C=O) groups is 2. The SMILES string of the molecule is Cc1cccc(CNC(=O)c2ccc(C(=O)NC(C)(C)C)cc2)c1. The van der Waals surface area contributed by atoms with E-state index in [1.807, 2.05) is 52.0 Å². The highest BCUT2D eigenvalue weighted by Crippen LogP contribution is 2.08. The smallest absolute Gasteiger partial charge is 0.251 e. The van der Waals surface area contributed by atoms with E-state index in [1.165, 1.54) is 0 Å². The minimum atomic E-state index is -0.291. The molecule has 24 heavy (non-hydrogen) atoms. The van der Waals surface area contributed by atoms with Gasteiger partial charge < -0.3 is 10.6 Å². The monoisotopic (exact) mass is 324 g/mol. The zero-order valence-electron chi connectivity index (χ0n) is 14.6. The maximum absolute atomic E-state index is 12.2. The molecular formula is C20H24N2O2. The van der Waals surface area contributed by atoms with Gasteiger partial charge >= 0.3 is 0 Å². The molecule has 4 nitrogen and oxygen atoms in total. The van der Waals surface area contributed by atoms with Crippen molar-refractivity contribution in [1.29, 1.82) is 0 Å². The van der Waals surface area contributed by atoms with Gasteiger partial charge in [-0.05, 0) is 57.5 Å². The second-order valence-corrected chi connectivity index (χ2v) is 6.95. The van der Waals surface area contributed by atoms with E-state index < -0.39 is 0 Å². The summed E-state index contributed by atoms with van der Waals surface area (Å²) in [6.07, 6.45) is 0. The minimum absolute atomic E-state index is 0.144. The Hall–Kier alpha value is -2.62. The highest BCUT2D eigenvalue weighted by atomic mass is 16.2. The van der Waals surface area contributed by atoms with E-state index in [1.54, 1.807) is 24.3 Å². The lowest BCUT2D eigenvalue weighted by molar-refractivity contribution is 0.0915. The van der Waals surface area contributed by atoms with Gasteiger partial charge in [-0.3, -0.25) is 9.59 Å². The Morgan fingerprint density at radius 2 is 1.50 bits per heavy atom. The Morgan fingerprint density at radius 1 is 0.917 bits per heavy atom. The highest BCUT2D eigenvalue weighted by molar-refractivity contribution is 5.98. The van der Waals surface area contributed by atoms with Crippen molar-refractivity contribution in [2.45, 2.75) is 39.8 Å². The van der Waals surface area contributed by atoms with Crippen LogP contribution in [0.4, 0.5) is 0 Å². The summed E-state index contributed by atoms with van der Waals surface area (Å²) in [5.74, 6) is -0.298. The van der Waals surface area contributed by atoms with Crippen LogP contribution < -0.4 is 10.6 Å². The van der Waals surface area contributed by atoms with Crippen molar-refractivity contribution >= 4 is 11.8 Å². The quantitative estimate of drug-likeness (QED) is 0.905. The number of amides is 2. The summed E-state index contributed by atoms with van der Waals surface area (Å²) in [4.78, 5) is 24.3. The first kappa shape index (κ1) is 17.7. The first-order valence-electron chi connectivity index (χ1n) is 8.01. The fourth-order valence-corrected chi connectivity index (χ4v) is 2.29. The minimum Gasteiger partial charge on any atom is -0.348 e. The van der Waals surface area contributed by atoms with E-state index in [0.29, 0.717) is 17.7 Å². The van der Waals surface area contributed by atoms with Crippen molar-refractivity contribution in [3.05, 3.63) is 70.8 Å².